The number of carbonyl (C=O) groups excluding carboxylic acids is 3. The van der Waals surface area contributed by atoms with Crippen LogP contribution >= 0.6 is 0 Å². The standard InChI is InChI=1S/C29H30N4O6/c1-19(34)27(29(37)33-38)32-28(36)22-13-9-20(10-14-22)7-8-21-11-15-24(16-12-21)31-26(35)18-30-17-23-5-3-4-6-25(23)39-2/h3-6,9-16,19,27,30,34,38H,17-18H2,1-2H3,(H,31,35)(H,32,36)(H,33,37). The Morgan fingerprint density at radius 3 is 2.13 bits per heavy atom. The molecule has 39 heavy (non-hydrogen) atoms. The highest BCUT2D eigenvalue weighted by molar-refractivity contribution is 5.97. The zero-order valence-corrected chi connectivity index (χ0v) is 21.5. The molecule has 0 radical (unpaired) electrons. The van der Waals surface area contributed by atoms with Crippen LogP contribution in [0.4, 0.5) is 5.69 Å². The van der Waals surface area contributed by atoms with Gasteiger partial charge in [-0.2, -0.15) is 0 Å². The quantitative estimate of drug-likeness (QED) is 0.133. The number of benzene rings is 3. The molecule has 10 nitrogen and oxygen atoms in total. The molecule has 3 rings (SSSR count). The highest BCUT2D eigenvalue weighted by Gasteiger charge is 2.25. The minimum Gasteiger partial charge on any atom is -0.496 e. The maximum absolute atomic E-state index is 12.4. The molecule has 3 aromatic carbocycles. The lowest BCUT2D eigenvalue weighted by atomic mass is 10.1. The van der Waals surface area contributed by atoms with Crippen LogP contribution in [0.3, 0.4) is 0 Å². The van der Waals surface area contributed by atoms with Crippen molar-refractivity contribution >= 4 is 23.4 Å². The van der Waals surface area contributed by atoms with E-state index in [1.165, 1.54) is 24.5 Å². The molecule has 0 saturated heterocycles. The number of amides is 3. The van der Waals surface area contributed by atoms with Crippen LogP contribution in [0.15, 0.2) is 72.8 Å². The number of methoxy groups -OCH3 is 1. The zero-order valence-electron chi connectivity index (χ0n) is 21.5. The first-order valence-corrected chi connectivity index (χ1v) is 12.1. The Balaban J connectivity index is 1.50. The number of aliphatic hydroxyl groups excluding tert-OH is 1. The summed E-state index contributed by atoms with van der Waals surface area (Å²) >= 11 is 0. The van der Waals surface area contributed by atoms with Gasteiger partial charge < -0.3 is 25.8 Å². The van der Waals surface area contributed by atoms with Crippen LogP contribution in [0.1, 0.15) is 34.0 Å². The average Bonchev–Trinajstić information content (AvgIpc) is 2.95. The van der Waals surface area contributed by atoms with Gasteiger partial charge in [-0.3, -0.25) is 19.6 Å². The molecule has 0 saturated carbocycles. The van der Waals surface area contributed by atoms with Crippen LogP contribution in [-0.4, -0.2) is 53.8 Å². The molecule has 3 amide bonds. The molecule has 2 atom stereocenters. The molecular formula is C29H30N4O6. The Morgan fingerprint density at radius 1 is 0.923 bits per heavy atom. The number of anilines is 1. The SMILES string of the molecule is COc1ccccc1CNCC(=O)Nc1ccc(C#Cc2ccc(C(=O)NC(C(=O)NO)C(C)O)cc2)cc1. The minimum atomic E-state index is -1.30. The number of ether oxygens (including phenoxy) is 1. The molecule has 0 bridgehead atoms. The van der Waals surface area contributed by atoms with Crippen molar-refractivity contribution in [3.63, 3.8) is 0 Å². The van der Waals surface area contributed by atoms with Gasteiger partial charge in [0.25, 0.3) is 11.8 Å². The molecule has 0 aliphatic carbocycles. The fourth-order valence-corrected chi connectivity index (χ4v) is 3.55. The lowest BCUT2D eigenvalue weighted by molar-refractivity contribution is -0.133. The number of rotatable bonds is 10. The third kappa shape index (κ3) is 8.69. The highest BCUT2D eigenvalue weighted by Crippen LogP contribution is 2.16. The number of para-hydroxylation sites is 1. The zero-order chi connectivity index (χ0) is 28.2. The van der Waals surface area contributed by atoms with Crippen LogP contribution in [0.5, 0.6) is 5.75 Å². The van der Waals surface area contributed by atoms with E-state index in [-0.39, 0.29) is 18.0 Å². The monoisotopic (exact) mass is 530 g/mol. The molecule has 6 N–H and O–H groups in total. The van der Waals surface area contributed by atoms with Crippen molar-refractivity contribution in [3.05, 3.63) is 95.1 Å². The smallest absolute Gasteiger partial charge is 0.268 e. The van der Waals surface area contributed by atoms with Crippen LogP contribution in [0, 0.1) is 11.8 Å². The van der Waals surface area contributed by atoms with Crippen molar-refractivity contribution in [1.29, 1.82) is 0 Å². The molecule has 202 valence electrons. The van der Waals surface area contributed by atoms with Gasteiger partial charge >= 0.3 is 0 Å². The van der Waals surface area contributed by atoms with Crippen molar-refractivity contribution in [2.75, 3.05) is 19.0 Å². The summed E-state index contributed by atoms with van der Waals surface area (Å²) in [5.41, 5.74) is 4.67. The van der Waals surface area contributed by atoms with Gasteiger partial charge in [0.15, 0.2) is 0 Å². The summed E-state index contributed by atoms with van der Waals surface area (Å²) in [7, 11) is 1.61. The van der Waals surface area contributed by atoms with Gasteiger partial charge in [0.1, 0.15) is 11.8 Å². The molecule has 0 heterocycles. The minimum absolute atomic E-state index is 0.141. The Hall–Kier alpha value is -4.69. The molecule has 0 aliphatic heterocycles. The number of hydroxylamine groups is 1. The lowest BCUT2D eigenvalue weighted by Gasteiger charge is -2.19. The molecule has 0 fully saturated rings. The number of hydrogen-bond donors (Lipinski definition) is 6. The summed E-state index contributed by atoms with van der Waals surface area (Å²) in [5.74, 6) is 5.10. The second-order valence-electron chi connectivity index (χ2n) is 8.54. The number of carbonyl (C=O) groups is 3. The van der Waals surface area contributed by atoms with Gasteiger partial charge in [-0.15, -0.1) is 0 Å². The number of hydrogen-bond acceptors (Lipinski definition) is 7. The second kappa shape index (κ2) is 14.3. The third-order valence-corrected chi connectivity index (χ3v) is 5.62. The Kier molecular flexibility index (Phi) is 10.6. The van der Waals surface area contributed by atoms with Crippen molar-refractivity contribution in [3.8, 4) is 17.6 Å². The van der Waals surface area contributed by atoms with Crippen LogP contribution < -0.4 is 26.2 Å². The van der Waals surface area contributed by atoms with Gasteiger partial charge in [0.05, 0.1) is 19.8 Å². The Morgan fingerprint density at radius 2 is 1.54 bits per heavy atom. The maximum Gasteiger partial charge on any atom is 0.268 e. The van der Waals surface area contributed by atoms with E-state index in [1.54, 1.807) is 43.5 Å². The summed E-state index contributed by atoms with van der Waals surface area (Å²) in [6.45, 7) is 1.96. The first-order chi connectivity index (χ1) is 18.8. The van der Waals surface area contributed by atoms with E-state index >= 15 is 0 Å². The van der Waals surface area contributed by atoms with E-state index < -0.39 is 24.0 Å². The lowest BCUT2D eigenvalue weighted by Crippen LogP contribution is -2.51. The topological polar surface area (TPSA) is 149 Å². The van der Waals surface area contributed by atoms with Crippen LogP contribution in [-0.2, 0) is 16.1 Å². The van der Waals surface area contributed by atoms with E-state index in [9.17, 15) is 19.5 Å². The second-order valence-corrected chi connectivity index (χ2v) is 8.54. The summed E-state index contributed by atoms with van der Waals surface area (Å²) in [6.07, 6.45) is -1.20. The fourth-order valence-electron chi connectivity index (χ4n) is 3.55. The highest BCUT2D eigenvalue weighted by atomic mass is 16.5. The van der Waals surface area contributed by atoms with Crippen LogP contribution in [0.2, 0.25) is 0 Å². The number of nitrogens with one attached hydrogen (secondary N) is 4. The summed E-state index contributed by atoms with van der Waals surface area (Å²) < 4.78 is 5.31. The largest absolute Gasteiger partial charge is 0.496 e. The van der Waals surface area contributed by atoms with Crippen LogP contribution in [0.25, 0.3) is 0 Å². The van der Waals surface area contributed by atoms with E-state index in [0.717, 1.165) is 16.9 Å². The van der Waals surface area contributed by atoms with E-state index in [1.807, 2.05) is 24.3 Å². The van der Waals surface area contributed by atoms with Gasteiger partial charge in [-0.1, -0.05) is 30.0 Å². The van der Waals surface area contributed by atoms with E-state index in [0.29, 0.717) is 17.8 Å². The fraction of sp³-hybridized carbons (Fsp3) is 0.207. The van der Waals surface area contributed by atoms with Gasteiger partial charge in [-0.05, 0) is 61.5 Å². The van der Waals surface area contributed by atoms with Gasteiger partial charge in [-0.25, -0.2) is 5.48 Å². The van der Waals surface area contributed by atoms with Gasteiger partial charge in [0.2, 0.25) is 5.91 Å². The average molecular weight is 531 g/mol. The normalized spacial score (nSPS) is 11.8. The maximum atomic E-state index is 12.4. The molecule has 3 aromatic rings. The summed E-state index contributed by atoms with van der Waals surface area (Å²) in [4.78, 5) is 36.2. The Labute approximate surface area is 226 Å². The predicted octanol–water partition coefficient (Wildman–Crippen LogP) is 1.81. The van der Waals surface area contributed by atoms with Crippen molar-refractivity contribution in [1.82, 2.24) is 16.1 Å². The number of aliphatic hydroxyl groups is 1. The summed E-state index contributed by atoms with van der Waals surface area (Å²) in [6, 6.07) is 19.8. The van der Waals surface area contributed by atoms with Gasteiger partial charge in [0, 0.05) is 34.5 Å². The first-order valence-electron chi connectivity index (χ1n) is 12.1. The predicted molar refractivity (Wildman–Crippen MR) is 145 cm³/mol. The molecule has 2 unspecified atom stereocenters. The first kappa shape index (κ1) is 28.9. The van der Waals surface area contributed by atoms with Crippen molar-refractivity contribution in [2.45, 2.75) is 25.6 Å². The summed E-state index contributed by atoms with van der Waals surface area (Å²) in [5, 5.41) is 26.7. The van der Waals surface area contributed by atoms with Crippen molar-refractivity contribution in [2.24, 2.45) is 0 Å². The Bertz CT molecular complexity index is 1340. The van der Waals surface area contributed by atoms with E-state index in [4.69, 9.17) is 9.94 Å². The molecule has 0 aromatic heterocycles. The molecule has 10 heteroatoms. The van der Waals surface area contributed by atoms with E-state index in [2.05, 4.69) is 27.8 Å². The molecule has 0 spiro atoms. The molecular weight excluding hydrogens is 500 g/mol. The van der Waals surface area contributed by atoms with Crippen molar-refractivity contribution < 1.29 is 29.4 Å². The third-order valence-electron chi connectivity index (χ3n) is 5.62. The molecule has 0 aliphatic rings.